The summed E-state index contributed by atoms with van der Waals surface area (Å²) in [4.78, 5) is 3.86. The van der Waals surface area contributed by atoms with Crippen LogP contribution in [0.1, 0.15) is 5.69 Å². The molecular formula is C9H7FN2OS. The van der Waals surface area contributed by atoms with E-state index in [0.717, 1.165) is 11.9 Å². The first-order valence-electron chi connectivity index (χ1n) is 3.98. The molecular weight excluding hydrogens is 203 g/mol. The van der Waals surface area contributed by atoms with E-state index in [2.05, 4.69) is 22.8 Å². The predicted octanol–water partition coefficient (Wildman–Crippen LogP) is 2.31. The zero-order valence-electron chi connectivity index (χ0n) is 7.14. The average molecular weight is 210 g/mol. The molecule has 0 amide bonds. The Morgan fingerprint density at radius 1 is 1.43 bits per heavy atom. The van der Waals surface area contributed by atoms with Crippen LogP contribution in [0.5, 0.6) is 0 Å². The summed E-state index contributed by atoms with van der Waals surface area (Å²) in [7, 11) is 0. The maximum absolute atomic E-state index is 12.6. The molecule has 0 fully saturated rings. The number of pyridine rings is 1. The van der Waals surface area contributed by atoms with Crippen LogP contribution in [0.15, 0.2) is 28.9 Å². The second-order valence-corrected chi connectivity index (χ2v) is 3.02. The molecule has 0 aliphatic rings. The van der Waals surface area contributed by atoms with E-state index >= 15 is 0 Å². The number of rotatable bonds is 2. The first-order chi connectivity index (χ1) is 6.79. The Labute approximate surface area is 85.4 Å². The Bertz CT molecular complexity index is 427. The third kappa shape index (κ3) is 1.77. The van der Waals surface area contributed by atoms with Crippen molar-refractivity contribution in [1.82, 2.24) is 10.1 Å². The van der Waals surface area contributed by atoms with Crippen molar-refractivity contribution in [2.24, 2.45) is 0 Å². The van der Waals surface area contributed by atoms with Crippen LogP contribution in [0, 0.1) is 5.82 Å². The Balaban J connectivity index is 2.34. The molecule has 0 atom stereocenters. The molecule has 72 valence electrons. The van der Waals surface area contributed by atoms with Crippen molar-refractivity contribution in [3.8, 4) is 11.5 Å². The molecule has 5 heteroatoms. The molecule has 0 unspecified atom stereocenters. The van der Waals surface area contributed by atoms with Gasteiger partial charge in [0, 0.05) is 11.8 Å². The minimum Gasteiger partial charge on any atom is -0.354 e. The van der Waals surface area contributed by atoms with Gasteiger partial charge in [0.25, 0.3) is 0 Å². The van der Waals surface area contributed by atoms with Gasteiger partial charge in [0.15, 0.2) is 5.76 Å². The number of hydrogen-bond donors (Lipinski definition) is 1. The fourth-order valence-corrected chi connectivity index (χ4v) is 1.18. The summed E-state index contributed by atoms with van der Waals surface area (Å²) in [6.07, 6.45) is 1.14. The van der Waals surface area contributed by atoms with E-state index in [4.69, 9.17) is 4.52 Å². The summed E-state index contributed by atoms with van der Waals surface area (Å²) in [6.45, 7) is 0. The predicted molar refractivity (Wildman–Crippen MR) is 52.4 cm³/mol. The van der Waals surface area contributed by atoms with Gasteiger partial charge in [-0.1, -0.05) is 5.16 Å². The van der Waals surface area contributed by atoms with Crippen LogP contribution in [-0.4, -0.2) is 10.1 Å². The fourth-order valence-electron chi connectivity index (χ4n) is 1.03. The van der Waals surface area contributed by atoms with Crippen molar-refractivity contribution < 1.29 is 8.91 Å². The third-order valence-electron chi connectivity index (χ3n) is 1.70. The van der Waals surface area contributed by atoms with Gasteiger partial charge in [-0.3, -0.25) is 0 Å². The summed E-state index contributed by atoms with van der Waals surface area (Å²) in [5.74, 6) is 0.654. The first kappa shape index (κ1) is 9.21. The van der Waals surface area contributed by atoms with Crippen molar-refractivity contribution in [3.63, 3.8) is 0 Å². The fraction of sp³-hybridized carbons (Fsp3) is 0.111. The topological polar surface area (TPSA) is 38.9 Å². The molecule has 0 N–H and O–H groups in total. The monoisotopic (exact) mass is 210 g/mol. The van der Waals surface area contributed by atoms with Crippen molar-refractivity contribution in [3.05, 3.63) is 35.9 Å². The second kappa shape index (κ2) is 3.79. The molecule has 3 nitrogen and oxygen atoms in total. The highest BCUT2D eigenvalue weighted by atomic mass is 32.1. The van der Waals surface area contributed by atoms with Gasteiger partial charge in [-0.25, -0.2) is 9.37 Å². The quantitative estimate of drug-likeness (QED) is 0.773. The van der Waals surface area contributed by atoms with E-state index < -0.39 is 0 Å². The lowest BCUT2D eigenvalue weighted by Gasteiger charge is -1.92. The second-order valence-electron chi connectivity index (χ2n) is 2.70. The Morgan fingerprint density at radius 2 is 2.29 bits per heavy atom. The molecule has 0 aliphatic carbocycles. The lowest BCUT2D eigenvalue weighted by atomic mass is 10.3. The largest absolute Gasteiger partial charge is 0.354 e. The first-order valence-corrected chi connectivity index (χ1v) is 4.61. The van der Waals surface area contributed by atoms with Crippen LogP contribution in [0.25, 0.3) is 11.5 Å². The van der Waals surface area contributed by atoms with E-state index in [1.165, 1.54) is 12.1 Å². The van der Waals surface area contributed by atoms with Gasteiger partial charge in [0.1, 0.15) is 11.5 Å². The van der Waals surface area contributed by atoms with Crippen LogP contribution < -0.4 is 0 Å². The molecule has 0 saturated heterocycles. The van der Waals surface area contributed by atoms with Gasteiger partial charge in [-0.2, -0.15) is 12.6 Å². The minimum absolute atomic E-state index is 0.373. The molecule has 0 radical (unpaired) electrons. The van der Waals surface area contributed by atoms with Crippen molar-refractivity contribution in [2.75, 3.05) is 0 Å². The molecule has 0 spiro atoms. The van der Waals surface area contributed by atoms with Crippen LogP contribution in [-0.2, 0) is 5.75 Å². The molecule has 0 saturated carbocycles. The highest BCUT2D eigenvalue weighted by molar-refractivity contribution is 7.79. The van der Waals surface area contributed by atoms with Gasteiger partial charge in [-0.05, 0) is 12.1 Å². The van der Waals surface area contributed by atoms with Crippen molar-refractivity contribution in [1.29, 1.82) is 0 Å². The summed E-state index contributed by atoms with van der Waals surface area (Å²) >= 11 is 4.05. The SMILES string of the molecule is Fc1ccc(-c2cc(CS)no2)nc1. The van der Waals surface area contributed by atoms with Crippen LogP contribution >= 0.6 is 12.6 Å². The summed E-state index contributed by atoms with van der Waals surface area (Å²) in [5, 5.41) is 3.75. The summed E-state index contributed by atoms with van der Waals surface area (Å²) in [5.41, 5.74) is 1.29. The number of halogens is 1. The van der Waals surface area contributed by atoms with E-state index in [0.29, 0.717) is 17.2 Å². The standard InChI is InChI=1S/C9H7FN2OS/c10-6-1-2-8(11-4-6)9-3-7(5-14)12-13-9/h1-4,14H,5H2. The molecule has 0 bridgehead atoms. The highest BCUT2D eigenvalue weighted by Gasteiger charge is 2.06. The van der Waals surface area contributed by atoms with Gasteiger partial charge in [-0.15, -0.1) is 0 Å². The number of thiol groups is 1. The maximum Gasteiger partial charge on any atom is 0.185 e. The number of hydrogen-bond acceptors (Lipinski definition) is 4. The number of aromatic nitrogens is 2. The van der Waals surface area contributed by atoms with Crippen molar-refractivity contribution >= 4 is 12.6 Å². The molecule has 2 aromatic heterocycles. The Kier molecular flexibility index (Phi) is 2.49. The molecule has 14 heavy (non-hydrogen) atoms. The lowest BCUT2D eigenvalue weighted by molar-refractivity contribution is 0.425. The normalized spacial score (nSPS) is 10.4. The minimum atomic E-state index is -0.373. The van der Waals surface area contributed by atoms with Crippen LogP contribution in [0.4, 0.5) is 4.39 Å². The molecule has 2 heterocycles. The van der Waals surface area contributed by atoms with Crippen LogP contribution in [0.3, 0.4) is 0 Å². The average Bonchev–Trinajstić information content (AvgIpc) is 2.67. The van der Waals surface area contributed by atoms with Gasteiger partial charge < -0.3 is 4.52 Å². The van der Waals surface area contributed by atoms with Gasteiger partial charge >= 0.3 is 0 Å². The van der Waals surface area contributed by atoms with E-state index in [1.54, 1.807) is 6.07 Å². The molecule has 2 rings (SSSR count). The third-order valence-corrected chi connectivity index (χ3v) is 2.02. The zero-order valence-corrected chi connectivity index (χ0v) is 8.04. The van der Waals surface area contributed by atoms with E-state index in [1.807, 2.05) is 0 Å². The van der Waals surface area contributed by atoms with Gasteiger partial charge in [0.2, 0.25) is 0 Å². The Morgan fingerprint density at radius 3 is 2.86 bits per heavy atom. The summed E-state index contributed by atoms with van der Waals surface area (Å²) in [6, 6.07) is 4.59. The Hall–Kier alpha value is -1.36. The molecule has 0 aromatic carbocycles. The van der Waals surface area contributed by atoms with E-state index in [9.17, 15) is 4.39 Å². The zero-order chi connectivity index (χ0) is 9.97. The van der Waals surface area contributed by atoms with E-state index in [-0.39, 0.29) is 5.82 Å². The van der Waals surface area contributed by atoms with Crippen LogP contribution in [0.2, 0.25) is 0 Å². The van der Waals surface area contributed by atoms with Crippen molar-refractivity contribution in [2.45, 2.75) is 5.75 Å². The lowest BCUT2D eigenvalue weighted by Crippen LogP contribution is -1.81. The molecule has 2 aromatic rings. The summed E-state index contributed by atoms with van der Waals surface area (Å²) < 4.78 is 17.6. The smallest absolute Gasteiger partial charge is 0.185 e. The van der Waals surface area contributed by atoms with Gasteiger partial charge in [0.05, 0.1) is 11.9 Å². The number of nitrogens with zero attached hydrogens (tertiary/aromatic N) is 2. The maximum atomic E-state index is 12.6. The molecule has 0 aliphatic heterocycles. The highest BCUT2D eigenvalue weighted by Crippen LogP contribution is 2.18.